The van der Waals surface area contributed by atoms with Gasteiger partial charge in [0.1, 0.15) is 5.82 Å². The molecule has 3 aromatic rings. The number of alkyl halides is 2. The van der Waals surface area contributed by atoms with Crippen LogP contribution in [0, 0.1) is 0 Å². The van der Waals surface area contributed by atoms with E-state index in [0.717, 1.165) is 55.3 Å². The molecule has 1 saturated carbocycles. The first-order valence-electron chi connectivity index (χ1n) is 9.93. The van der Waals surface area contributed by atoms with Gasteiger partial charge in [0.15, 0.2) is 0 Å². The lowest BCUT2D eigenvalue weighted by Crippen LogP contribution is -2.45. The van der Waals surface area contributed by atoms with Crippen LogP contribution in [-0.2, 0) is 0 Å². The normalized spacial score (nSPS) is 19.2. The first-order valence-corrected chi connectivity index (χ1v) is 10.7. The van der Waals surface area contributed by atoms with Gasteiger partial charge < -0.3 is 14.2 Å². The molecule has 1 aliphatic heterocycles. The van der Waals surface area contributed by atoms with Crippen molar-refractivity contribution >= 4 is 23.3 Å². The fourth-order valence-corrected chi connectivity index (χ4v) is 4.34. The van der Waals surface area contributed by atoms with Crippen molar-refractivity contribution in [2.75, 3.05) is 38.1 Å². The van der Waals surface area contributed by atoms with Crippen LogP contribution in [-0.4, -0.2) is 63.5 Å². The van der Waals surface area contributed by atoms with Crippen LogP contribution < -0.4 is 9.62 Å². The molecule has 5 rings (SSSR count). The van der Waals surface area contributed by atoms with E-state index in [1.54, 1.807) is 18.1 Å². The van der Waals surface area contributed by atoms with E-state index in [9.17, 15) is 8.78 Å². The minimum atomic E-state index is -2.80. The molecule has 0 spiro atoms. The summed E-state index contributed by atoms with van der Waals surface area (Å²) in [6.45, 7) is 5.90. The molecule has 30 heavy (non-hydrogen) atoms. The van der Waals surface area contributed by atoms with Gasteiger partial charge in [-0.2, -0.15) is 13.9 Å². The third-order valence-corrected chi connectivity index (χ3v) is 6.74. The van der Waals surface area contributed by atoms with Gasteiger partial charge in [-0.25, -0.2) is 4.52 Å². The van der Waals surface area contributed by atoms with Crippen molar-refractivity contribution in [3.8, 4) is 11.5 Å². The number of rotatable bonds is 6. The maximum atomic E-state index is 12.9. The quantitative estimate of drug-likeness (QED) is 0.592. The van der Waals surface area contributed by atoms with Gasteiger partial charge in [-0.1, -0.05) is 0 Å². The van der Waals surface area contributed by atoms with Crippen LogP contribution in [0.4, 0.5) is 14.6 Å². The third-order valence-electron chi connectivity index (χ3n) is 5.67. The summed E-state index contributed by atoms with van der Waals surface area (Å²) in [5.41, 5.74) is 1.47. The molecule has 1 aliphatic carbocycles. The second-order valence-electron chi connectivity index (χ2n) is 8.21. The maximum Gasteiger partial charge on any atom is 0.314 e. The molecule has 0 unspecified atom stereocenters. The Morgan fingerprint density at radius 2 is 1.93 bits per heavy atom. The number of hydrogen-bond acceptors (Lipinski definition) is 8. The molecule has 160 valence electrons. The van der Waals surface area contributed by atoms with E-state index in [1.165, 1.54) is 0 Å². The topological polar surface area (TPSA) is 74.7 Å². The van der Waals surface area contributed by atoms with E-state index in [2.05, 4.69) is 49.9 Å². The molecular formula is C19H23F2N7OS. The summed E-state index contributed by atoms with van der Waals surface area (Å²) in [5.74, 6) is 0.331. The van der Waals surface area contributed by atoms with E-state index in [0.29, 0.717) is 5.56 Å². The molecule has 0 aromatic carbocycles. The molecule has 11 heteroatoms. The number of aromatic nitrogens is 4. The Morgan fingerprint density at radius 3 is 2.60 bits per heavy atom. The van der Waals surface area contributed by atoms with Crippen LogP contribution in [0.25, 0.3) is 17.0 Å². The number of pyridine rings is 1. The summed E-state index contributed by atoms with van der Waals surface area (Å²) in [6.07, 6.45) is 1.11. The Balaban J connectivity index is 1.55. The summed E-state index contributed by atoms with van der Waals surface area (Å²) < 4.78 is 36.4. The molecule has 0 atom stereocenters. The van der Waals surface area contributed by atoms with Gasteiger partial charge in [-0.05, 0) is 50.9 Å². The Morgan fingerprint density at radius 1 is 1.17 bits per heavy atom. The molecule has 1 saturated heterocycles. The van der Waals surface area contributed by atoms with Gasteiger partial charge in [0.25, 0.3) is 11.8 Å². The summed E-state index contributed by atoms with van der Waals surface area (Å²) >= 11 is 1.59. The Bertz CT molecular complexity index is 1060. The SMILES string of the molecule is CN1CCN(c2cc(SNC3(C)CC3)cc3c(-c4nnc(C(F)F)o4)cnn23)CC1. The first-order chi connectivity index (χ1) is 14.4. The van der Waals surface area contributed by atoms with Crippen LogP contribution in [0.3, 0.4) is 0 Å². The fraction of sp³-hybridized carbons (Fsp3) is 0.526. The van der Waals surface area contributed by atoms with Crippen molar-refractivity contribution in [2.45, 2.75) is 36.6 Å². The van der Waals surface area contributed by atoms with Crippen LogP contribution in [0.15, 0.2) is 27.6 Å². The Labute approximate surface area is 176 Å². The van der Waals surface area contributed by atoms with Crippen LogP contribution in [0.2, 0.25) is 0 Å². The maximum absolute atomic E-state index is 12.9. The summed E-state index contributed by atoms with van der Waals surface area (Å²) in [7, 11) is 2.11. The molecule has 1 N–H and O–H groups in total. The van der Waals surface area contributed by atoms with E-state index in [1.807, 2.05) is 10.6 Å². The predicted octanol–water partition coefficient (Wildman–Crippen LogP) is 3.22. The molecule has 8 nitrogen and oxygen atoms in total. The highest BCUT2D eigenvalue weighted by Gasteiger charge is 2.37. The van der Waals surface area contributed by atoms with Crippen molar-refractivity contribution < 1.29 is 13.2 Å². The largest absolute Gasteiger partial charge is 0.415 e. The zero-order chi connectivity index (χ0) is 20.9. The standard InChI is InChI=1S/C19H23F2N7OS/c1-19(3-4-19)25-30-12-9-14-13(17-23-24-18(29-17)16(20)21)11-22-28(14)15(10-12)27-7-5-26(2)6-8-27/h9-11,16,25H,3-8H2,1-2H3. The van der Waals surface area contributed by atoms with Crippen molar-refractivity contribution in [1.82, 2.24) is 29.4 Å². The van der Waals surface area contributed by atoms with Crippen molar-refractivity contribution in [3.05, 3.63) is 24.2 Å². The lowest BCUT2D eigenvalue weighted by atomic mass is 10.2. The van der Waals surface area contributed by atoms with E-state index >= 15 is 0 Å². The van der Waals surface area contributed by atoms with Gasteiger partial charge in [0.05, 0.1) is 17.3 Å². The average molecular weight is 436 g/mol. The van der Waals surface area contributed by atoms with Gasteiger partial charge in [0, 0.05) is 36.6 Å². The average Bonchev–Trinajstić information content (AvgIpc) is 3.12. The van der Waals surface area contributed by atoms with Gasteiger partial charge in [-0.15, -0.1) is 10.2 Å². The highest BCUT2D eigenvalue weighted by Crippen LogP contribution is 2.39. The highest BCUT2D eigenvalue weighted by molar-refractivity contribution is 7.97. The zero-order valence-corrected chi connectivity index (χ0v) is 17.6. The van der Waals surface area contributed by atoms with E-state index < -0.39 is 12.3 Å². The van der Waals surface area contributed by atoms with Gasteiger partial charge in [0.2, 0.25) is 0 Å². The summed E-state index contributed by atoms with van der Waals surface area (Å²) in [4.78, 5) is 5.62. The van der Waals surface area contributed by atoms with Crippen molar-refractivity contribution in [1.29, 1.82) is 0 Å². The van der Waals surface area contributed by atoms with Crippen LogP contribution >= 0.6 is 11.9 Å². The smallest absolute Gasteiger partial charge is 0.314 e. The number of nitrogens with one attached hydrogen (secondary N) is 1. The number of anilines is 1. The fourth-order valence-electron chi connectivity index (χ4n) is 3.43. The first kappa shape index (κ1) is 19.7. The second-order valence-corrected chi connectivity index (χ2v) is 9.09. The highest BCUT2D eigenvalue weighted by atomic mass is 32.2. The van der Waals surface area contributed by atoms with E-state index in [-0.39, 0.29) is 11.4 Å². The molecular weight excluding hydrogens is 412 g/mol. The summed E-state index contributed by atoms with van der Waals surface area (Å²) in [5, 5.41) is 11.8. The molecule has 3 aromatic heterocycles. The molecule has 0 radical (unpaired) electrons. The molecule has 0 bridgehead atoms. The van der Waals surface area contributed by atoms with Gasteiger partial charge in [-0.3, -0.25) is 4.72 Å². The molecule has 2 fully saturated rings. The molecule has 4 heterocycles. The number of likely N-dealkylation sites (N-methyl/N-ethyl adjacent to an activating group) is 1. The molecule has 0 amide bonds. The molecule has 2 aliphatic rings. The van der Waals surface area contributed by atoms with E-state index in [4.69, 9.17) is 4.42 Å². The lowest BCUT2D eigenvalue weighted by Gasteiger charge is -2.34. The summed E-state index contributed by atoms with van der Waals surface area (Å²) in [6, 6.07) is 4.11. The van der Waals surface area contributed by atoms with Crippen molar-refractivity contribution in [2.24, 2.45) is 0 Å². The van der Waals surface area contributed by atoms with Crippen LogP contribution in [0.5, 0.6) is 0 Å². The number of fused-ring (bicyclic) bond motifs is 1. The predicted molar refractivity (Wildman–Crippen MR) is 110 cm³/mol. The number of hydrogen-bond donors (Lipinski definition) is 1. The second kappa shape index (κ2) is 7.47. The zero-order valence-electron chi connectivity index (χ0n) is 16.8. The van der Waals surface area contributed by atoms with Crippen molar-refractivity contribution in [3.63, 3.8) is 0 Å². The monoisotopic (exact) mass is 435 g/mol. The minimum absolute atomic E-state index is 0.0499. The van der Waals surface area contributed by atoms with Crippen LogP contribution in [0.1, 0.15) is 32.1 Å². The minimum Gasteiger partial charge on any atom is -0.415 e. The number of halogens is 2. The lowest BCUT2D eigenvalue weighted by molar-refractivity contribution is 0.116. The Hall–Kier alpha value is -2.24. The number of piperazine rings is 1. The van der Waals surface area contributed by atoms with Gasteiger partial charge >= 0.3 is 6.43 Å². The number of nitrogens with zero attached hydrogens (tertiary/aromatic N) is 6. The third kappa shape index (κ3) is 3.77. The Kier molecular flexibility index (Phi) is 4.91.